The summed E-state index contributed by atoms with van der Waals surface area (Å²) in [7, 11) is 0. The number of benzene rings is 3. The topological polar surface area (TPSA) is 0 Å². The summed E-state index contributed by atoms with van der Waals surface area (Å²) >= 11 is 2.44. The zero-order chi connectivity index (χ0) is 17.9. The number of allylic oxidation sites excluding steroid dienone is 4. The maximum absolute atomic E-state index is 2.44. The lowest BCUT2D eigenvalue weighted by molar-refractivity contribution is 0.418. The maximum atomic E-state index is 2.44. The van der Waals surface area contributed by atoms with Gasteiger partial charge >= 0.3 is 0 Å². The first kappa shape index (κ1) is 16.3. The van der Waals surface area contributed by atoms with Crippen LogP contribution in [0.1, 0.15) is 37.0 Å². The molecule has 5 rings (SSSR count). The maximum Gasteiger partial charge on any atom is 0.0209 e. The third kappa shape index (κ3) is 2.26. The van der Waals surface area contributed by atoms with Crippen LogP contribution in [0.5, 0.6) is 0 Å². The van der Waals surface area contributed by atoms with E-state index in [2.05, 4.69) is 109 Å². The molecule has 0 amide bonds. The molecule has 0 N–H and O–H groups in total. The second-order valence-corrected chi connectivity index (χ2v) is 9.14. The van der Waals surface area contributed by atoms with Gasteiger partial charge in [-0.2, -0.15) is 0 Å². The smallest absolute Gasteiger partial charge is 0.0209 e. The first-order valence-electron chi connectivity index (χ1n) is 9.25. The van der Waals surface area contributed by atoms with Crippen LogP contribution in [0, 0.1) is 9.49 Å². The SMILES string of the molecule is CC1(C)c2ccccc2C2=CC=C(c3ccc(I)c4ccccc34)CC21. The summed E-state index contributed by atoms with van der Waals surface area (Å²) in [6, 6.07) is 22.3. The Hall–Kier alpha value is -1.87. The Kier molecular flexibility index (Phi) is 3.65. The van der Waals surface area contributed by atoms with Crippen molar-refractivity contribution in [2.75, 3.05) is 0 Å². The van der Waals surface area contributed by atoms with Crippen LogP contribution in [0.15, 0.2) is 72.8 Å². The monoisotopic (exact) mass is 448 g/mol. The molecule has 0 fully saturated rings. The fourth-order valence-corrected chi connectivity index (χ4v) is 5.50. The van der Waals surface area contributed by atoms with Gasteiger partial charge in [-0.3, -0.25) is 0 Å². The van der Waals surface area contributed by atoms with Gasteiger partial charge in [-0.25, -0.2) is 0 Å². The predicted octanol–water partition coefficient (Wildman–Crippen LogP) is 7.22. The van der Waals surface area contributed by atoms with Gasteiger partial charge in [0.1, 0.15) is 0 Å². The Morgan fingerprint density at radius 1 is 0.808 bits per heavy atom. The average molecular weight is 448 g/mol. The molecule has 0 aliphatic heterocycles. The van der Waals surface area contributed by atoms with Crippen molar-refractivity contribution in [3.05, 3.63) is 93.1 Å². The number of halogens is 1. The van der Waals surface area contributed by atoms with Gasteiger partial charge in [-0.05, 0) is 85.0 Å². The van der Waals surface area contributed by atoms with E-state index in [0.717, 1.165) is 6.42 Å². The van der Waals surface area contributed by atoms with Crippen LogP contribution in [-0.4, -0.2) is 0 Å². The van der Waals surface area contributed by atoms with Gasteiger partial charge in [0.25, 0.3) is 0 Å². The fraction of sp³-hybridized carbons (Fsp3) is 0.200. The van der Waals surface area contributed by atoms with E-state index in [1.807, 2.05) is 0 Å². The molecule has 128 valence electrons. The molecule has 0 radical (unpaired) electrons. The molecule has 2 aliphatic carbocycles. The molecule has 3 aromatic rings. The normalized spacial score (nSPS) is 20.3. The van der Waals surface area contributed by atoms with Gasteiger partial charge in [0, 0.05) is 3.57 Å². The van der Waals surface area contributed by atoms with Crippen molar-refractivity contribution in [3.63, 3.8) is 0 Å². The zero-order valence-electron chi connectivity index (χ0n) is 15.1. The molecule has 0 heterocycles. The van der Waals surface area contributed by atoms with Crippen LogP contribution >= 0.6 is 22.6 Å². The summed E-state index contributed by atoms with van der Waals surface area (Å²) in [5, 5.41) is 2.73. The number of rotatable bonds is 1. The summed E-state index contributed by atoms with van der Waals surface area (Å²) in [5.41, 5.74) is 7.50. The fourth-order valence-electron chi connectivity index (χ4n) is 4.85. The minimum atomic E-state index is 0.181. The summed E-state index contributed by atoms with van der Waals surface area (Å²) in [6.07, 6.45) is 5.85. The van der Waals surface area contributed by atoms with E-state index in [9.17, 15) is 0 Å². The Bertz CT molecular complexity index is 1100. The summed E-state index contributed by atoms with van der Waals surface area (Å²) in [5.74, 6) is 0.554. The molecule has 1 atom stereocenters. The van der Waals surface area contributed by atoms with Crippen LogP contribution in [-0.2, 0) is 5.41 Å². The van der Waals surface area contributed by atoms with Crippen molar-refractivity contribution in [2.24, 2.45) is 5.92 Å². The quantitative estimate of drug-likeness (QED) is 0.345. The first-order chi connectivity index (χ1) is 12.6. The van der Waals surface area contributed by atoms with Crippen LogP contribution in [0.25, 0.3) is 21.9 Å². The average Bonchev–Trinajstić information content (AvgIpc) is 2.90. The van der Waals surface area contributed by atoms with Gasteiger partial charge in [-0.15, -0.1) is 0 Å². The van der Waals surface area contributed by atoms with Crippen molar-refractivity contribution in [1.29, 1.82) is 0 Å². The highest BCUT2D eigenvalue weighted by atomic mass is 127. The van der Waals surface area contributed by atoms with E-state index < -0.39 is 0 Å². The molecular formula is C25H21I. The summed E-state index contributed by atoms with van der Waals surface area (Å²) in [4.78, 5) is 0. The Morgan fingerprint density at radius 2 is 1.54 bits per heavy atom. The molecular weight excluding hydrogens is 427 g/mol. The lowest BCUT2D eigenvalue weighted by Crippen LogP contribution is -2.24. The van der Waals surface area contributed by atoms with Crippen molar-refractivity contribution < 1.29 is 0 Å². The molecule has 2 aliphatic rings. The Labute approximate surface area is 168 Å². The lowest BCUT2D eigenvalue weighted by atomic mass is 9.72. The summed E-state index contributed by atoms with van der Waals surface area (Å²) in [6.45, 7) is 4.82. The van der Waals surface area contributed by atoms with E-state index in [4.69, 9.17) is 0 Å². The first-order valence-corrected chi connectivity index (χ1v) is 10.3. The second-order valence-electron chi connectivity index (χ2n) is 7.98. The molecule has 0 spiro atoms. The molecule has 0 aromatic heterocycles. The highest BCUT2D eigenvalue weighted by Gasteiger charge is 2.43. The van der Waals surface area contributed by atoms with Crippen molar-refractivity contribution in [3.8, 4) is 0 Å². The van der Waals surface area contributed by atoms with Crippen molar-refractivity contribution in [2.45, 2.75) is 25.7 Å². The minimum Gasteiger partial charge on any atom is -0.0619 e. The largest absolute Gasteiger partial charge is 0.0619 e. The van der Waals surface area contributed by atoms with Gasteiger partial charge in [-0.1, -0.05) is 80.6 Å². The molecule has 26 heavy (non-hydrogen) atoms. The predicted molar refractivity (Wildman–Crippen MR) is 120 cm³/mol. The lowest BCUT2D eigenvalue weighted by Gasteiger charge is -2.32. The Balaban J connectivity index is 1.67. The minimum absolute atomic E-state index is 0.181. The van der Waals surface area contributed by atoms with Crippen molar-refractivity contribution >= 4 is 44.5 Å². The summed E-state index contributed by atoms with van der Waals surface area (Å²) < 4.78 is 1.32. The molecule has 1 unspecified atom stereocenters. The van der Waals surface area contributed by atoms with E-state index in [1.165, 1.54) is 42.2 Å². The van der Waals surface area contributed by atoms with Crippen LogP contribution in [0.4, 0.5) is 0 Å². The third-order valence-corrected chi connectivity index (χ3v) is 7.22. The van der Waals surface area contributed by atoms with E-state index >= 15 is 0 Å². The van der Waals surface area contributed by atoms with Gasteiger partial charge in [0.2, 0.25) is 0 Å². The van der Waals surface area contributed by atoms with E-state index in [1.54, 1.807) is 0 Å². The second kappa shape index (κ2) is 5.82. The van der Waals surface area contributed by atoms with Gasteiger partial charge in [0.05, 0.1) is 0 Å². The molecule has 1 heteroatoms. The highest BCUT2D eigenvalue weighted by Crippen LogP contribution is 2.54. The molecule has 0 bridgehead atoms. The molecule has 0 nitrogen and oxygen atoms in total. The van der Waals surface area contributed by atoms with Crippen LogP contribution < -0.4 is 0 Å². The van der Waals surface area contributed by atoms with E-state index in [0.29, 0.717) is 5.92 Å². The zero-order valence-corrected chi connectivity index (χ0v) is 17.2. The van der Waals surface area contributed by atoms with E-state index in [-0.39, 0.29) is 5.41 Å². The van der Waals surface area contributed by atoms with Gasteiger partial charge in [0.15, 0.2) is 0 Å². The standard InChI is InChI=1S/C25H21I/c1-25(2)22-10-6-5-8-19(22)20-12-11-16(15-23(20)25)17-13-14-24(26)21-9-4-3-7-18(17)21/h3-14,23H,15H2,1-2H3. The van der Waals surface area contributed by atoms with Crippen LogP contribution in [0.3, 0.4) is 0 Å². The number of hydrogen-bond acceptors (Lipinski definition) is 0. The highest BCUT2D eigenvalue weighted by molar-refractivity contribution is 14.1. The Morgan fingerprint density at radius 3 is 2.38 bits per heavy atom. The third-order valence-electron chi connectivity index (χ3n) is 6.28. The van der Waals surface area contributed by atoms with Gasteiger partial charge < -0.3 is 0 Å². The van der Waals surface area contributed by atoms with Crippen molar-refractivity contribution in [1.82, 2.24) is 0 Å². The number of hydrogen-bond donors (Lipinski definition) is 0. The van der Waals surface area contributed by atoms with Crippen LogP contribution in [0.2, 0.25) is 0 Å². The number of fused-ring (bicyclic) bond motifs is 4. The molecule has 0 saturated heterocycles. The molecule has 3 aromatic carbocycles. The molecule has 0 saturated carbocycles.